The Hall–Kier alpha value is -0.100. The van der Waals surface area contributed by atoms with Crippen molar-refractivity contribution in [3.8, 4) is 0 Å². The standard InChI is InChI=1S/C8H11ClN2OS2/c1-8(2,3)14(12)11-5-7-10-4-6(9)13-7/h4-5H,1-3H3/b11-5+. The smallest absolute Gasteiger partial charge is 0.144 e. The van der Waals surface area contributed by atoms with Gasteiger partial charge in [0.2, 0.25) is 0 Å². The van der Waals surface area contributed by atoms with E-state index in [2.05, 4.69) is 9.38 Å². The summed E-state index contributed by atoms with van der Waals surface area (Å²) in [6, 6.07) is 0. The maximum absolute atomic E-state index is 11.5. The Bertz CT molecular complexity index is 332. The summed E-state index contributed by atoms with van der Waals surface area (Å²) in [4.78, 5) is 3.97. The molecule has 0 spiro atoms. The molecule has 0 saturated heterocycles. The van der Waals surface area contributed by atoms with E-state index in [1.165, 1.54) is 17.6 Å². The summed E-state index contributed by atoms with van der Waals surface area (Å²) in [5.74, 6) is 0. The van der Waals surface area contributed by atoms with Gasteiger partial charge in [-0.1, -0.05) is 16.0 Å². The second kappa shape index (κ2) is 4.61. The van der Waals surface area contributed by atoms with Crippen molar-refractivity contribution in [1.82, 2.24) is 4.98 Å². The van der Waals surface area contributed by atoms with Crippen LogP contribution < -0.4 is 0 Å². The highest BCUT2D eigenvalue weighted by Crippen LogP contribution is 2.19. The van der Waals surface area contributed by atoms with Crippen LogP contribution in [0, 0.1) is 0 Å². The lowest BCUT2D eigenvalue weighted by Gasteiger charge is -2.17. The predicted octanol–water partition coefficient (Wildman–Crippen LogP) is 2.68. The van der Waals surface area contributed by atoms with Gasteiger partial charge in [0.1, 0.15) is 31.7 Å². The largest absolute Gasteiger partial charge is 0.591 e. The summed E-state index contributed by atoms with van der Waals surface area (Å²) in [6.07, 6.45) is 3.05. The van der Waals surface area contributed by atoms with E-state index in [-0.39, 0.29) is 4.75 Å². The maximum atomic E-state index is 11.5. The fourth-order valence-corrected chi connectivity index (χ4v) is 1.96. The lowest BCUT2D eigenvalue weighted by Crippen LogP contribution is -2.25. The quantitative estimate of drug-likeness (QED) is 0.599. The Morgan fingerprint density at radius 3 is 2.71 bits per heavy atom. The zero-order chi connectivity index (χ0) is 10.8. The molecule has 3 nitrogen and oxygen atoms in total. The molecular weight excluding hydrogens is 240 g/mol. The van der Waals surface area contributed by atoms with Gasteiger partial charge in [-0.3, -0.25) is 0 Å². The molecular formula is C8H11ClN2OS2. The van der Waals surface area contributed by atoms with Gasteiger partial charge in [-0.2, -0.15) is 0 Å². The van der Waals surface area contributed by atoms with Gasteiger partial charge >= 0.3 is 0 Å². The van der Waals surface area contributed by atoms with Gasteiger partial charge in [0.25, 0.3) is 0 Å². The lowest BCUT2D eigenvalue weighted by atomic mass is 10.3. The van der Waals surface area contributed by atoms with Crippen molar-refractivity contribution in [2.24, 2.45) is 4.40 Å². The topological polar surface area (TPSA) is 48.3 Å². The van der Waals surface area contributed by atoms with Crippen LogP contribution in [0.5, 0.6) is 0 Å². The van der Waals surface area contributed by atoms with E-state index >= 15 is 0 Å². The predicted molar refractivity (Wildman–Crippen MR) is 62.6 cm³/mol. The van der Waals surface area contributed by atoms with Crippen molar-refractivity contribution < 1.29 is 4.55 Å². The highest BCUT2D eigenvalue weighted by atomic mass is 35.5. The second-order valence-electron chi connectivity index (χ2n) is 3.60. The van der Waals surface area contributed by atoms with Gasteiger partial charge < -0.3 is 4.55 Å². The molecule has 1 aromatic heterocycles. The zero-order valence-electron chi connectivity index (χ0n) is 8.15. The minimum atomic E-state index is -1.24. The first-order valence-electron chi connectivity index (χ1n) is 3.97. The van der Waals surface area contributed by atoms with Crippen LogP contribution in [0.1, 0.15) is 25.8 Å². The molecule has 1 atom stereocenters. The van der Waals surface area contributed by atoms with E-state index in [1.54, 1.807) is 6.20 Å². The van der Waals surface area contributed by atoms with E-state index in [9.17, 15) is 4.55 Å². The van der Waals surface area contributed by atoms with Crippen LogP contribution in [0.15, 0.2) is 10.6 Å². The van der Waals surface area contributed by atoms with Crippen LogP contribution in [0.25, 0.3) is 0 Å². The molecule has 0 fully saturated rings. The van der Waals surface area contributed by atoms with Crippen LogP contribution in [0.3, 0.4) is 0 Å². The second-order valence-corrected chi connectivity index (χ2v) is 7.23. The molecule has 0 aliphatic carbocycles. The highest BCUT2D eigenvalue weighted by Gasteiger charge is 2.25. The molecule has 78 valence electrons. The third-order valence-corrected chi connectivity index (χ3v) is 3.67. The number of nitrogens with zero attached hydrogens (tertiary/aromatic N) is 2. The van der Waals surface area contributed by atoms with Gasteiger partial charge in [-0.15, -0.1) is 11.3 Å². The van der Waals surface area contributed by atoms with E-state index in [1.807, 2.05) is 20.8 Å². The third-order valence-electron chi connectivity index (χ3n) is 1.28. The molecule has 0 radical (unpaired) electrons. The molecule has 14 heavy (non-hydrogen) atoms. The average molecular weight is 251 g/mol. The fourth-order valence-electron chi connectivity index (χ4n) is 0.578. The van der Waals surface area contributed by atoms with Crippen molar-refractivity contribution in [2.75, 3.05) is 0 Å². The van der Waals surface area contributed by atoms with E-state index < -0.39 is 11.4 Å². The van der Waals surface area contributed by atoms with Crippen LogP contribution in [0.4, 0.5) is 0 Å². The third kappa shape index (κ3) is 3.57. The summed E-state index contributed by atoms with van der Waals surface area (Å²) in [7, 11) is 0. The Balaban J connectivity index is 2.65. The molecule has 6 heteroatoms. The Morgan fingerprint density at radius 1 is 1.64 bits per heavy atom. The van der Waals surface area contributed by atoms with Crippen molar-refractivity contribution in [1.29, 1.82) is 0 Å². The fraction of sp³-hybridized carbons (Fsp3) is 0.500. The van der Waals surface area contributed by atoms with Gasteiger partial charge in [-0.05, 0) is 20.8 Å². The molecule has 0 aliphatic heterocycles. The molecule has 0 amide bonds. The van der Waals surface area contributed by atoms with Crippen molar-refractivity contribution in [2.45, 2.75) is 25.5 Å². The average Bonchev–Trinajstić information content (AvgIpc) is 2.45. The van der Waals surface area contributed by atoms with Crippen LogP contribution >= 0.6 is 22.9 Å². The number of hydrogen-bond donors (Lipinski definition) is 0. The van der Waals surface area contributed by atoms with Gasteiger partial charge in [0.15, 0.2) is 0 Å². The number of aromatic nitrogens is 1. The van der Waals surface area contributed by atoms with Crippen LogP contribution in [-0.4, -0.2) is 20.5 Å². The molecule has 1 rings (SSSR count). The van der Waals surface area contributed by atoms with Crippen molar-refractivity contribution in [3.63, 3.8) is 0 Å². The first kappa shape index (κ1) is 12.0. The van der Waals surface area contributed by atoms with Crippen LogP contribution in [0.2, 0.25) is 4.34 Å². The number of rotatable bonds is 2. The Labute approximate surface area is 95.5 Å². The van der Waals surface area contributed by atoms with E-state index in [4.69, 9.17) is 11.6 Å². The first-order valence-corrected chi connectivity index (χ1v) is 6.27. The van der Waals surface area contributed by atoms with Gasteiger partial charge in [0.05, 0.1) is 6.20 Å². The molecule has 1 aromatic rings. The highest BCUT2D eigenvalue weighted by molar-refractivity contribution is 7.91. The van der Waals surface area contributed by atoms with E-state index in [0.717, 1.165) is 0 Å². The van der Waals surface area contributed by atoms with E-state index in [0.29, 0.717) is 9.34 Å². The van der Waals surface area contributed by atoms with Crippen molar-refractivity contribution >= 4 is 40.5 Å². The molecule has 0 bridgehead atoms. The monoisotopic (exact) mass is 250 g/mol. The number of halogens is 1. The normalized spacial score (nSPS) is 14.9. The summed E-state index contributed by atoms with van der Waals surface area (Å²) >= 11 is 5.76. The summed E-state index contributed by atoms with van der Waals surface area (Å²) < 4.78 is 15.7. The summed E-state index contributed by atoms with van der Waals surface area (Å²) in [6.45, 7) is 5.61. The molecule has 1 heterocycles. The van der Waals surface area contributed by atoms with Crippen LogP contribution in [-0.2, 0) is 11.4 Å². The molecule has 0 N–H and O–H groups in total. The number of hydrogen-bond acceptors (Lipinski definition) is 4. The Kier molecular flexibility index (Phi) is 3.94. The molecule has 0 aromatic carbocycles. The molecule has 0 saturated carbocycles. The maximum Gasteiger partial charge on any atom is 0.144 e. The minimum absolute atomic E-state index is 0.336. The summed E-state index contributed by atoms with van der Waals surface area (Å²) in [5.41, 5.74) is 0. The molecule has 1 unspecified atom stereocenters. The number of thiazole rings is 1. The summed E-state index contributed by atoms with van der Waals surface area (Å²) in [5, 5.41) is 0.674. The van der Waals surface area contributed by atoms with Crippen molar-refractivity contribution in [3.05, 3.63) is 15.5 Å². The van der Waals surface area contributed by atoms with Gasteiger partial charge in [-0.25, -0.2) is 4.98 Å². The van der Waals surface area contributed by atoms with Gasteiger partial charge in [0, 0.05) is 0 Å². The molecule has 0 aliphatic rings. The SMILES string of the molecule is CC(C)(C)[S+]([O-])/N=C/c1ncc(Cl)s1. The Morgan fingerprint density at radius 2 is 2.29 bits per heavy atom. The first-order chi connectivity index (χ1) is 6.39. The minimum Gasteiger partial charge on any atom is -0.591 e. The lowest BCUT2D eigenvalue weighted by molar-refractivity contribution is 0.562. The zero-order valence-corrected chi connectivity index (χ0v) is 10.5.